The molecule has 1 N–H and O–H groups in total. The molecule has 266 valence electrons. The number of alkyl carbamates (subject to hydrolysis) is 1. The van der Waals surface area contributed by atoms with E-state index in [1.54, 1.807) is 23.6 Å². The number of hydrogen-bond acceptors (Lipinski definition) is 6. The van der Waals surface area contributed by atoms with Crippen LogP contribution in [0.5, 0.6) is 0 Å². The van der Waals surface area contributed by atoms with E-state index in [2.05, 4.69) is 30.9 Å². The zero-order chi connectivity index (χ0) is 35.4. The number of benzene rings is 1. The molecule has 1 aromatic rings. The average Bonchev–Trinajstić information content (AvgIpc) is 3.62. The highest BCUT2D eigenvalue weighted by Gasteiger charge is 2.68. The first-order valence-corrected chi connectivity index (χ1v) is 17.9. The normalized spacial score (nSPS) is 31.4. The van der Waals surface area contributed by atoms with Gasteiger partial charge in [0.2, 0.25) is 5.70 Å². The number of nitrogens with one attached hydrogen (secondary N) is 1. The zero-order valence-corrected chi connectivity index (χ0v) is 29.8. The molecule has 7 rings (SSSR count). The first-order chi connectivity index (χ1) is 23.0. The predicted octanol–water partition coefficient (Wildman–Crippen LogP) is 6.20. The maximum absolute atomic E-state index is 14.0. The molecule has 0 spiro atoms. The van der Waals surface area contributed by atoms with Crippen molar-refractivity contribution in [3.05, 3.63) is 58.6 Å². The fraction of sp³-hybridized carbons (Fsp3) is 0.703. The first-order valence-electron chi connectivity index (χ1n) is 17.9. The Hall–Kier alpha value is -3.01. The van der Waals surface area contributed by atoms with Crippen LogP contribution in [0, 0.1) is 30.7 Å². The molecule has 12 heteroatoms. The Morgan fingerprint density at radius 2 is 1.92 bits per heavy atom. The van der Waals surface area contributed by atoms with Gasteiger partial charge >= 0.3 is 13.2 Å². The Morgan fingerprint density at radius 1 is 1.18 bits per heavy atom. The maximum atomic E-state index is 14.0. The number of likely N-dealkylation sites (tertiary alicyclic amines) is 2. The quantitative estimate of drug-likeness (QED) is 0.190. The van der Waals surface area contributed by atoms with E-state index in [4.69, 9.17) is 20.6 Å². The van der Waals surface area contributed by atoms with E-state index < -0.39 is 54.7 Å². The number of amides is 2. The third-order valence-corrected chi connectivity index (χ3v) is 12.3. The lowest BCUT2D eigenvalue weighted by Crippen LogP contribution is -2.65. The molecule has 3 aliphatic carbocycles. The summed E-state index contributed by atoms with van der Waals surface area (Å²) in [5, 5.41) is 3.04. The van der Waals surface area contributed by atoms with E-state index in [1.807, 2.05) is 31.2 Å². The van der Waals surface area contributed by atoms with Gasteiger partial charge in [-0.1, -0.05) is 49.8 Å². The minimum absolute atomic E-state index is 0.0352. The largest absolute Gasteiger partial charge is 0.482 e. The van der Waals surface area contributed by atoms with E-state index in [-0.39, 0.29) is 36.8 Å². The lowest BCUT2D eigenvalue weighted by molar-refractivity contribution is -0.199. The Bertz CT molecular complexity index is 1500. The van der Waals surface area contributed by atoms with Crippen molar-refractivity contribution >= 4 is 19.1 Å². The Balaban J connectivity index is 1.12. The second kappa shape index (κ2) is 13.3. The van der Waals surface area contributed by atoms with Crippen LogP contribution in [0.25, 0.3) is 4.85 Å². The van der Waals surface area contributed by atoms with Crippen LogP contribution in [0.4, 0.5) is 13.6 Å². The molecule has 0 radical (unpaired) electrons. The minimum Gasteiger partial charge on any atom is -0.447 e. The Labute approximate surface area is 290 Å². The maximum Gasteiger partial charge on any atom is 0.482 e. The Kier molecular flexibility index (Phi) is 9.70. The van der Waals surface area contributed by atoms with Crippen LogP contribution < -0.4 is 5.32 Å². The van der Waals surface area contributed by atoms with Crippen LogP contribution in [0.2, 0.25) is 0 Å². The predicted molar refractivity (Wildman–Crippen MR) is 183 cm³/mol. The van der Waals surface area contributed by atoms with Crippen molar-refractivity contribution < 1.29 is 32.4 Å². The van der Waals surface area contributed by atoms with Gasteiger partial charge in [-0.3, -0.25) is 9.69 Å². The monoisotopic (exact) mass is 680 g/mol. The van der Waals surface area contributed by atoms with Crippen LogP contribution >= 0.6 is 0 Å². The molecule has 6 fully saturated rings. The summed E-state index contributed by atoms with van der Waals surface area (Å²) < 4.78 is 47.0. The number of piperidine rings is 1. The molecule has 9 nitrogen and oxygen atoms in total. The van der Waals surface area contributed by atoms with Crippen molar-refractivity contribution in [2.45, 2.75) is 122 Å². The van der Waals surface area contributed by atoms with Crippen LogP contribution in [-0.4, -0.2) is 90.3 Å². The van der Waals surface area contributed by atoms with Crippen molar-refractivity contribution in [2.24, 2.45) is 17.3 Å². The van der Waals surface area contributed by atoms with E-state index in [0.29, 0.717) is 31.2 Å². The minimum atomic E-state index is -2.79. The highest BCUT2D eigenvalue weighted by Crippen LogP contribution is 2.65. The SMILES string of the molecule is [C-]#[N+]C(=CC(C)(C)N1CCC(F)(F)C1)C(=O)N1CCCC[C@@H]1COC(=O)N[C@@H](Cc1ccc(C)cc1)B1O[C@@H]2C[C@@H]3C[C@@H](C3(C)C)[C@]2(C)O1. The van der Waals surface area contributed by atoms with Gasteiger partial charge in [0.1, 0.15) is 6.61 Å². The highest BCUT2D eigenvalue weighted by molar-refractivity contribution is 6.47. The molecule has 0 unspecified atom stereocenters. The van der Waals surface area contributed by atoms with Crippen molar-refractivity contribution in [2.75, 3.05) is 26.2 Å². The van der Waals surface area contributed by atoms with Gasteiger partial charge in [0.05, 0.1) is 36.8 Å². The van der Waals surface area contributed by atoms with Crippen LogP contribution in [-0.2, 0) is 25.3 Å². The fourth-order valence-corrected chi connectivity index (χ4v) is 9.01. The summed E-state index contributed by atoms with van der Waals surface area (Å²) >= 11 is 0. The van der Waals surface area contributed by atoms with Gasteiger partial charge < -0.3 is 24.3 Å². The van der Waals surface area contributed by atoms with E-state index in [9.17, 15) is 18.4 Å². The van der Waals surface area contributed by atoms with Crippen LogP contribution in [0.1, 0.15) is 84.3 Å². The number of alkyl halides is 2. The fourth-order valence-electron chi connectivity index (χ4n) is 9.01. The summed E-state index contributed by atoms with van der Waals surface area (Å²) in [7, 11) is -0.642. The van der Waals surface area contributed by atoms with Gasteiger partial charge in [0.15, 0.2) is 0 Å². The van der Waals surface area contributed by atoms with Crippen molar-refractivity contribution in [1.29, 1.82) is 0 Å². The van der Waals surface area contributed by atoms with Gasteiger partial charge in [0.25, 0.3) is 11.8 Å². The van der Waals surface area contributed by atoms with Gasteiger partial charge in [-0.25, -0.2) is 18.4 Å². The molecule has 3 saturated carbocycles. The van der Waals surface area contributed by atoms with E-state index in [0.717, 1.165) is 36.8 Å². The van der Waals surface area contributed by atoms with Crippen molar-refractivity contribution in [3.63, 3.8) is 0 Å². The number of aryl methyl sites for hydroxylation is 1. The summed E-state index contributed by atoms with van der Waals surface area (Å²) in [5.74, 6) is -2.77. The molecular formula is C37H51BF2N4O5. The number of carbonyl (C=O) groups is 2. The van der Waals surface area contributed by atoms with Crippen LogP contribution in [0.15, 0.2) is 36.0 Å². The molecule has 2 amide bonds. The first kappa shape index (κ1) is 35.8. The third-order valence-electron chi connectivity index (χ3n) is 12.3. The lowest BCUT2D eigenvalue weighted by atomic mass is 9.43. The molecule has 1 aromatic carbocycles. The highest BCUT2D eigenvalue weighted by atomic mass is 19.3. The van der Waals surface area contributed by atoms with Gasteiger partial charge in [-0.05, 0) is 89.0 Å². The van der Waals surface area contributed by atoms with E-state index >= 15 is 0 Å². The van der Waals surface area contributed by atoms with Gasteiger partial charge in [0, 0.05) is 25.0 Å². The molecule has 6 atom stereocenters. The number of nitrogens with zero attached hydrogens (tertiary/aromatic N) is 3. The molecule has 3 saturated heterocycles. The standard InChI is InChI=1S/C37H51BF2N4O5/c1-24-11-13-25(14-12-24)18-31(38-48-30-20-26-19-29(35(26,4)5)36(30,6)49-38)42-33(46)47-22-27-10-8-9-16-44(27)32(45)28(41-7)21-34(2,3)43-17-15-37(39,40)23-43/h11-14,21,26-27,29-31H,8-10,15-20,22-23H2,1-6H3,(H,42,46)/t26-,27+,29-,30+,31-,36-/m0/s1. The lowest BCUT2D eigenvalue weighted by Gasteiger charge is -2.64. The summed E-state index contributed by atoms with van der Waals surface area (Å²) in [6, 6.07) is 7.76. The number of hydrogen-bond donors (Lipinski definition) is 1. The van der Waals surface area contributed by atoms with Gasteiger partial charge in [-0.15, -0.1) is 0 Å². The summed E-state index contributed by atoms with van der Waals surface area (Å²) in [6.07, 6.45) is 5.38. The molecular weight excluding hydrogens is 629 g/mol. The molecule has 2 bridgehead atoms. The molecule has 0 aromatic heterocycles. The number of ether oxygens (including phenoxy) is 1. The summed E-state index contributed by atoms with van der Waals surface area (Å²) in [5.41, 5.74) is 0.926. The summed E-state index contributed by atoms with van der Waals surface area (Å²) in [6.45, 7) is 20.2. The van der Waals surface area contributed by atoms with Gasteiger partial charge in [-0.2, -0.15) is 0 Å². The number of carbonyl (C=O) groups excluding carboxylic acids is 2. The second-order valence-electron chi connectivity index (χ2n) is 16.3. The molecule has 3 aliphatic heterocycles. The zero-order valence-electron chi connectivity index (χ0n) is 29.8. The third kappa shape index (κ3) is 7.13. The smallest absolute Gasteiger partial charge is 0.447 e. The van der Waals surface area contributed by atoms with Crippen molar-refractivity contribution in [3.8, 4) is 0 Å². The second-order valence-corrected chi connectivity index (χ2v) is 16.3. The molecule has 49 heavy (non-hydrogen) atoms. The number of rotatable bonds is 9. The van der Waals surface area contributed by atoms with E-state index in [1.165, 1.54) is 6.08 Å². The van der Waals surface area contributed by atoms with Crippen molar-refractivity contribution in [1.82, 2.24) is 15.1 Å². The topological polar surface area (TPSA) is 84.7 Å². The molecule has 3 heterocycles. The average molecular weight is 681 g/mol. The number of halogens is 2. The molecule has 6 aliphatic rings. The summed E-state index contributed by atoms with van der Waals surface area (Å²) in [4.78, 5) is 33.9. The van der Waals surface area contributed by atoms with Crippen LogP contribution in [0.3, 0.4) is 0 Å². The Morgan fingerprint density at radius 3 is 2.57 bits per heavy atom.